The van der Waals surface area contributed by atoms with E-state index in [1.807, 2.05) is 30.3 Å². The lowest BCUT2D eigenvalue weighted by atomic mass is 10.0. The number of ether oxygens (including phenoxy) is 1. The second kappa shape index (κ2) is 7.49. The number of aliphatic hydroxyl groups is 1. The maximum Gasteiger partial charge on any atom is 0.273 e. The third kappa shape index (κ3) is 3.76. The van der Waals surface area contributed by atoms with Crippen LogP contribution >= 0.6 is 0 Å². The van der Waals surface area contributed by atoms with E-state index < -0.39 is 6.10 Å². The van der Waals surface area contributed by atoms with E-state index in [2.05, 4.69) is 10.3 Å². The zero-order valence-corrected chi connectivity index (χ0v) is 13.6. The van der Waals surface area contributed by atoms with Gasteiger partial charge in [-0.1, -0.05) is 24.6 Å². The maximum atomic E-state index is 12.3. The Morgan fingerprint density at radius 1 is 1.29 bits per heavy atom. The molecule has 24 heavy (non-hydrogen) atoms. The molecule has 0 radical (unpaired) electrons. The van der Waals surface area contributed by atoms with Gasteiger partial charge in [-0.05, 0) is 38.3 Å². The van der Waals surface area contributed by atoms with Crippen molar-refractivity contribution in [1.29, 1.82) is 0 Å². The summed E-state index contributed by atoms with van der Waals surface area (Å²) in [5.41, 5.74) is 0.256. The van der Waals surface area contributed by atoms with Crippen molar-refractivity contribution < 1.29 is 19.1 Å². The van der Waals surface area contributed by atoms with Crippen molar-refractivity contribution in [2.75, 3.05) is 0 Å². The zero-order valence-electron chi connectivity index (χ0n) is 13.6. The van der Waals surface area contributed by atoms with Crippen molar-refractivity contribution in [2.45, 2.75) is 50.9 Å². The van der Waals surface area contributed by atoms with Crippen LogP contribution in [0.1, 0.15) is 41.9 Å². The van der Waals surface area contributed by atoms with E-state index in [9.17, 15) is 9.90 Å². The van der Waals surface area contributed by atoms with Crippen LogP contribution in [0.25, 0.3) is 0 Å². The summed E-state index contributed by atoms with van der Waals surface area (Å²) < 4.78 is 11.0. The maximum absolute atomic E-state index is 12.3. The number of nitrogens with one attached hydrogen (secondary N) is 1. The molecule has 1 heterocycles. The molecule has 6 heteroatoms. The Kier molecular flexibility index (Phi) is 5.15. The molecule has 1 aliphatic rings. The summed E-state index contributed by atoms with van der Waals surface area (Å²) in [7, 11) is 0. The van der Waals surface area contributed by atoms with Crippen LogP contribution in [-0.4, -0.2) is 34.2 Å². The quantitative estimate of drug-likeness (QED) is 0.841. The summed E-state index contributed by atoms with van der Waals surface area (Å²) in [6.07, 6.45) is 3.46. The lowest BCUT2D eigenvalue weighted by molar-refractivity contribution is 0.0128. The number of aromatic nitrogens is 1. The van der Waals surface area contributed by atoms with Gasteiger partial charge >= 0.3 is 0 Å². The lowest BCUT2D eigenvalue weighted by Gasteiger charge is -2.28. The third-order valence-electron chi connectivity index (χ3n) is 4.35. The van der Waals surface area contributed by atoms with Crippen molar-refractivity contribution in [2.24, 2.45) is 0 Å². The Hall–Kier alpha value is -2.34. The number of benzene rings is 1. The van der Waals surface area contributed by atoms with Gasteiger partial charge in [0.2, 0.25) is 0 Å². The van der Waals surface area contributed by atoms with Gasteiger partial charge in [-0.3, -0.25) is 4.79 Å². The van der Waals surface area contributed by atoms with Gasteiger partial charge in [-0.15, -0.1) is 0 Å². The Balaban J connectivity index is 1.68. The lowest BCUT2D eigenvalue weighted by Crippen LogP contribution is -2.49. The first kappa shape index (κ1) is 16.5. The Morgan fingerprint density at radius 3 is 2.75 bits per heavy atom. The number of aliphatic hydroxyl groups excluding tert-OH is 1. The largest absolute Gasteiger partial charge is 0.488 e. The summed E-state index contributed by atoms with van der Waals surface area (Å²) in [6.45, 7) is 1.69. The summed E-state index contributed by atoms with van der Waals surface area (Å²) in [5.74, 6) is 0.860. The molecule has 1 aromatic carbocycles. The molecule has 3 atom stereocenters. The van der Waals surface area contributed by atoms with E-state index in [0.29, 0.717) is 12.2 Å². The minimum absolute atomic E-state index is 0.256. The van der Waals surface area contributed by atoms with Gasteiger partial charge in [0.1, 0.15) is 23.7 Å². The number of hydrogen-bond acceptors (Lipinski definition) is 5. The van der Waals surface area contributed by atoms with Crippen LogP contribution in [0.5, 0.6) is 5.75 Å². The third-order valence-corrected chi connectivity index (χ3v) is 4.35. The molecule has 0 aliphatic heterocycles. The van der Waals surface area contributed by atoms with Crippen LogP contribution in [-0.2, 0) is 0 Å². The molecular formula is C18H22N2O4. The number of oxazole rings is 1. The van der Waals surface area contributed by atoms with E-state index in [4.69, 9.17) is 9.15 Å². The summed E-state index contributed by atoms with van der Waals surface area (Å²) in [4.78, 5) is 16.3. The average molecular weight is 330 g/mol. The van der Waals surface area contributed by atoms with Crippen molar-refractivity contribution >= 4 is 5.91 Å². The number of carbonyl (C=O) groups excluding carboxylic acids is 1. The molecule has 1 saturated carbocycles. The van der Waals surface area contributed by atoms with Gasteiger partial charge < -0.3 is 19.6 Å². The predicted molar refractivity (Wildman–Crippen MR) is 87.8 cm³/mol. The molecule has 1 aromatic heterocycles. The summed E-state index contributed by atoms with van der Waals surface area (Å²) in [5, 5.41) is 13.6. The minimum atomic E-state index is -0.774. The van der Waals surface area contributed by atoms with E-state index in [0.717, 1.165) is 25.0 Å². The fourth-order valence-corrected chi connectivity index (χ4v) is 3.03. The molecule has 6 nitrogen and oxygen atoms in total. The highest BCUT2D eigenvalue weighted by atomic mass is 16.5. The van der Waals surface area contributed by atoms with E-state index in [-0.39, 0.29) is 23.7 Å². The highest BCUT2D eigenvalue weighted by Crippen LogP contribution is 2.24. The number of hydrogen-bond donors (Lipinski definition) is 2. The van der Waals surface area contributed by atoms with Crippen LogP contribution in [0.2, 0.25) is 0 Å². The monoisotopic (exact) mass is 330 g/mol. The topological polar surface area (TPSA) is 84.6 Å². The zero-order chi connectivity index (χ0) is 16.9. The Morgan fingerprint density at radius 2 is 2.04 bits per heavy atom. The van der Waals surface area contributed by atoms with Gasteiger partial charge in [-0.2, -0.15) is 0 Å². The number of nitrogens with zero attached hydrogens (tertiary/aromatic N) is 1. The van der Waals surface area contributed by atoms with Gasteiger partial charge in [0.25, 0.3) is 5.91 Å². The van der Waals surface area contributed by atoms with Gasteiger partial charge in [-0.25, -0.2) is 4.98 Å². The highest BCUT2D eigenvalue weighted by Gasteiger charge is 2.33. The molecule has 1 aliphatic carbocycles. The first-order valence-corrected chi connectivity index (χ1v) is 8.26. The van der Waals surface area contributed by atoms with Crippen molar-refractivity contribution in [3.63, 3.8) is 0 Å². The molecule has 0 unspecified atom stereocenters. The van der Waals surface area contributed by atoms with E-state index in [1.165, 1.54) is 6.39 Å². The van der Waals surface area contributed by atoms with E-state index in [1.54, 1.807) is 6.92 Å². The average Bonchev–Trinajstić information content (AvgIpc) is 2.95. The second-order valence-corrected chi connectivity index (χ2v) is 6.08. The number of rotatable bonds is 4. The number of amides is 1. The molecule has 1 fully saturated rings. The molecule has 0 bridgehead atoms. The van der Waals surface area contributed by atoms with Crippen LogP contribution in [0, 0.1) is 6.92 Å². The molecule has 2 N–H and O–H groups in total. The summed E-state index contributed by atoms with van der Waals surface area (Å²) in [6, 6.07) is 9.06. The van der Waals surface area contributed by atoms with Crippen LogP contribution < -0.4 is 10.1 Å². The summed E-state index contributed by atoms with van der Waals surface area (Å²) >= 11 is 0. The van der Waals surface area contributed by atoms with Crippen molar-refractivity contribution in [3.05, 3.63) is 48.2 Å². The Labute approximate surface area is 140 Å². The van der Waals surface area contributed by atoms with Crippen molar-refractivity contribution in [1.82, 2.24) is 10.3 Å². The Bertz CT molecular complexity index is 671. The first-order chi connectivity index (χ1) is 11.6. The van der Waals surface area contributed by atoms with Crippen LogP contribution in [0.3, 0.4) is 0 Å². The minimum Gasteiger partial charge on any atom is -0.488 e. The smallest absolute Gasteiger partial charge is 0.273 e. The van der Waals surface area contributed by atoms with Crippen LogP contribution in [0.15, 0.2) is 41.1 Å². The van der Waals surface area contributed by atoms with Gasteiger partial charge in [0.05, 0.1) is 6.04 Å². The fraction of sp³-hybridized carbons (Fsp3) is 0.444. The SMILES string of the molecule is Cc1ocnc1C(=O)N[C@@H]1CCCC[C@@H](Oc2ccccc2)[C@@H]1O. The number of para-hydroxylation sites is 1. The first-order valence-electron chi connectivity index (χ1n) is 8.26. The number of aryl methyl sites for hydroxylation is 1. The van der Waals surface area contributed by atoms with Crippen molar-refractivity contribution in [3.8, 4) is 5.75 Å². The number of carbonyl (C=O) groups is 1. The molecule has 0 saturated heterocycles. The highest BCUT2D eigenvalue weighted by molar-refractivity contribution is 5.93. The van der Waals surface area contributed by atoms with Crippen LogP contribution in [0.4, 0.5) is 0 Å². The fourth-order valence-electron chi connectivity index (χ4n) is 3.03. The standard InChI is InChI=1S/C18H22N2O4/c1-12-16(19-11-23-12)18(22)20-14-9-5-6-10-15(17(14)21)24-13-7-3-2-4-8-13/h2-4,7-8,11,14-15,17,21H,5-6,9-10H2,1H3,(H,20,22)/t14-,15-,17-/m1/s1. The normalized spacial score (nSPS) is 24.2. The second-order valence-electron chi connectivity index (χ2n) is 6.08. The predicted octanol–water partition coefficient (Wildman–Crippen LogP) is 2.46. The molecule has 128 valence electrons. The van der Waals surface area contributed by atoms with Gasteiger partial charge in [0, 0.05) is 0 Å². The molecule has 3 rings (SSSR count). The molecule has 0 spiro atoms. The molecular weight excluding hydrogens is 308 g/mol. The molecule has 1 amide bonds. The van der Waals surface area contributed by atoms with Gasteiger partial charge in [0.15, 0.2) is 12.1 Å². The molecule has 2 aromatic rings. The van der Waals surface area contributed by atoms with E-state index >= 15 is 0 Å².